The zero-order valence-corrected chi connectivity index (χ0v) is 11.2. The van der Waals surface area contributed by atoms with Crippen molar-refractivity contribution in [1.82, 2.24) is 0 Å². The second-order valence-corrected chi connectivity index (χ2v) is 3.56. The molecule has 0 spiro atoms. The fraction of sp³-hybridized carbons (Fsp3) is 0.462. The van der Waals surface area contributed by atoms with Gasteiger partial charge >= 0.3 is 0 Å². The van der Waals surface area contributed by atoms with Crippen molar-refractivity contribution in [3.05, 3.63) is 17.7 Å². The fourth-order valence-electron chi connectivity index (χ4n) is 1.63. The van der Waals surface area contributed by atoms with Gasteiger partial charge in [-0.2, -0.15) is 5.26 Å². The molecular weight excluding hydrogens is 250 g/mol. The summed E-state index contributed by atoms with van der Waals surface area (Å²) in [6.07, 6.45) is -0.805. The average Bonchev–Trinajstić information content (AvgIpc) is 2.46. The summed E-state index contributed by atoms with van der Waals surface area (Å²) in [4.78, 5) is 0. The molecule has 0 heterocycles. The first-order valence-electron chi connectivity index (χ1n) is 5.63. The second kappa shape index (κ2) is 7.46. The standard InChI is InChI=1S/C13H17NO5/c1-16-10-6-9(12(8-14)19-5-4-15)7-11(17-2)13(10)18-3/h6-7,12,15H,4-5H2,1-3H3. The molecule has 0 aliphatic heterocycles. The summed E-state index contributed by atoms with van der Waals surface area (Å²) in [5, 5.41) is 17.8. The lowest BCUT2D eigenvalue weighted by atomic mass is 10.1. The van der Waals surface area contributed by atoms with Crippen LogP contribution in [-0.2, 0) is 4.74 Å². The number of nitrogens with zero attached hydrogens (tertiary/aromatic N) is 1. The highest BCUT2D eigenvalue weighted by Gasteiger charge is 2.18. The molecule has 104 valence electrons. The van der Waals surface area contributed by atoms with Gasteiger partial charge in [0.15, 0.2) is 17.6 Å². The minimum atomic E-state index is -0.805. The molecule has 0 aliphatic rings. The first kappa shape index (κ1) is 15.1. The maximum absolute atomic E-state index is 9.09. The molecule has 0 aliphatic carbocycles. The number of aliphatic hydroxyl groups excluding tert-OH is 1. The first-order valence-corrected chi connectivity index (χ1v) is 5.63. The average molecular weight is 267 g/mol. The summed E-state index contributed by atoms with van der Waals surface area (Å²) in [7, 11) is 4.50. The van der Waals surface area contributed by atoms with E-state index in [1.807, 2.05) is 6.07 Å². The van der Waals surface area contributed by atoms with Crippen molar-refractivity contribution in [2.45, 2.75) is 6.10 Å². The third kappa shape index (κ3) is 3.50. The van der Waals surface area contributed by atoms with E-state index in [-0.39, 0.29) is 13.2 Å². The Kier molecular flexibility index (Phi) is 5.93. The number of methoxy groups -OCH3 is 3. The fourth-order valence-corrected chi connectivity index (χ4v) is 1.63. The largest absolute Gasteiger partial charge is 0.493 e. The minimum Gasteiger partial charge on any atom is -0.493 e. The summed E-state index contributed by atoms with van der Waals surface area (Å²) in [6.45, 7) is -0.0719. The van der Waals surface area contributed by atoms with Crippen LogP contribution in [0.15, 0.2) is 12.1 Å². The maximum Gasteiger partial charge on any atom is 0.203 e. The molecule has 0 bridgehead atoms. The van der Waals surface area contributed by atoms with Gasteiger partial charge in [0.05, 0.1) is 40.6 Å². The number of aliphatic hydroxyl groups is 1. The third-order valence-electron chi connectivity index (χ3n) is 2.48. The highest BCUT2D eigenvalue weighted by Crippen LogP contribution is 2.40. The Bertz CT molecular complexity index is 430. The molecule has 1 aromatic rings. The molecule has 19 heavy (non-hydrogen) atoms. The number of benzene rings is 1. The number of hydrogen-bond donors (Lipinski definition) is 1. The quantitative estimate of drug-likeness (QED) is 0.801. The van der Waals surface area contributed by atoms with E-state index in [0.717, 1.165) is 0 Å². The third-order valence-corrected chi connectivity index (χ3v) is 2.48. The van der Waals surface area contributed by atoms with Crippen LogP contribution in [0.4, 0.5) is 0 Å². The first-order chi connectivity index (χ1) is 9.21. The molecule has 0 saturated heterocycles. The topological polar surface area (TPSA) is 80.9 Å². The molecule has 0 aromatic heterocycles. The summed E-state index contributed by atoms with van der Waals surface area (Å²) in [6, 6.07) is 5.30. The zero-order valence-electron chi connectivity index (χ0n) is 11.2. The van der Waals surface area contributed by atoms with Crippen LogP contribution in [-0.4, -0.2) is 39.6 Å². The highest BCUT2D eigenvalue weighted by atomic mass is 16.5. The van der Waals surface area contributed by atoms with Crippen molar-refractivity contribution in [3.63, 3.8) is 0 Å². The van der Waals surface area contributed by atoms with E-state index >= 15 is 0 Å². The van der Waals surface area contributed by atoms with E-state index in [4.69, 9.17) is 29.3 Å². The van der Waals surface area contributed by atoms with Crippen molar-refractivity contribution in [2.75, 3.05) is 34.5 Å². The Morgan fingerprint density at radius 2 is 1.74 bits per heavy atom. The summed E-state index contributed by atoms with van der Waals surface area (Å²) in [5.41, 5.74) is 0.574. The second-order valence-electron chi connectivity index (χ2n) is 3.56. The van der Waals surface area contributed by atoms with Crippen LogP contribution in [0.1, 0.15) is 11.7 Å². The summed E-state index contributed by atoms with van der Waals surface area (Å²) >= 11 is 0. The Morgan fingerprint density at radius 3 is 2.11 bits per heavy atom. The van der Waals surface area contributed by atoms with E-state index in [9.17, 15) is 0 Å². The lowest BCUT2D eigenvalue weighted by Gasteiger charge is -2.16. The molecule has 1 rings (SSSR count). The molecule has 0 saturated carbocycles. The highest BCUT2D eigenvalue weighted by molar-refractivity contribution is 5.54. The van der Waals surface area contributed by atoms with Crippen LogP contribution < -0.4 is 14.2 Å². The molecular formula is C13H17NO5. The lowest BCUT2D eigenvalue weighted by Crippen LogP contribution is -2.07. The normalized spacial score (nSPS) is 11.5. The van der Waals surface area contributed by atoms with E-state index in [1.165, 1.54) is 21.3 Å². The van der Waals surface area contributed by atoms with Crippen LogP contribution >= 0.6 is 0 Å². The van der Waals surface area contributed by atoms with Crippen molar-refractivity contribution in [2.24, 2.45) is 0 Å². The van der Waals surface area contributed by atoms with Crippen LogP contribution in [0.5, 0.6) is 17.2 Å². The van der Waals surface area contributed by atoms with Gasteiger partial charge in [0.25, 0.3) is 0 Å². The number of nitriles is 1. The maximum atomic E-state index is 9.09. The Labute approximate surface area is 112 Å². The molecule has 6 nitrogen and oxygen atoms in total. The van der Waals surface area contributed by atoms with Gasteiger partial charge < -0.3 is 24.1 Å². The minimum absolute atomic E-state index is 0.0783. The monoisotopic (exact) mass is 267 g/mol. The Morgan fingerprint density at radius 1 is 1.16 bits per heavy atom. The summed E-state index contributed by atoms with van der Waals surface area (Å²) < 4.78 is 20.8. The van der Waals surface area contributed by atoms with E-state index in [2.05, 4.69) is 0 Å². The van der Waals surface area contributed by atoms with E-state index in [0.29, 0.717) is 22.8 Å². The lowest BCUT2D eigenvalue weighted by molar-refractivity contribution is 0.0579. The molecule has 1 atom stereocenters. The van der Waals surface area contributed by atoms with Crippen molar-refractivity contribution < 1.29 is 24.1 Å². The van der Waals surface area contributed by atoms with Crippen LogP contribution in [0, 0.1) is 11.3 Å². The van der Waals surface area contributed by atoms with Gasteiger partial charge in [0.1, 0.15) is 0 Å². The van der Waals surface area contributed by atoms with Gasteiger partial charge in [0, 0.05) is 5.56 Å². The SMILES string of the molecule is COc1cc(C(C#N)OCCO)cc(OC)c1OC. The molecule has 1 unspecified atom stereocenters. The molecule has 6 heteroatoms. The van der Waals surface area contributed by atoms with Gasteiger partial charge in [-0.3, -0.25) is 0 Å². The Hall–Kier alpha value is -1.97. The summed E-state index contributed by atoms with van der Waals surface area (Å²) in [5.74, 6) is 1.35. The van der Waals surface area contributed by atoms with Gasteiger partial charge in [-0.05, 0) is 12.1 Å². The molecule has 1 N–H and O–H groups in total. The van der Waals surface area contributed by atoms with Crippen molar-refractivity contribution in [3.8, 4) is 23.3 Å². The molecule has 0 radical (unpaired) electrons. The van der Waals surface area contributed by atoms with Crippen molar-refractivity contribution in [1.29, 1.82) is 5.26 Å². The molecule has 1 aromatic carbocycles. The van der Waals surface area contributed by atoms with Gasteiger partial charge in [-0.15, -0.1) is 0 Å². The van der Waals surface area contributed by atoms with Gasteiger partial charge in [0.2, 0.25) is 5.75 Å². The van der Waals surface area contributed by atoms with Crippen LogP contribution in [0.3, 0.4) is 0 Å². The van der Waals surface area contributed by atoms with Gasteiger partial charge in [-0.25, -0.2) is 0 Å². The van der Waals surface area contributed by atoms with E-state index in [1.54, 1.807) is 12.1 Å². The van der Waals surface area contributed by atoms with E-state index < -0.39 is 6.10 Å². The molecule has 0 amide bonds. The van der Waals surface area contributed by atoms with Crippen LogP contribution in [0.25, 0.3) is 0 Å². The number of rotatable bonds is 7. The predicted molar refractivity (Wildman–Crippen MR) is 67.5 cm³/mol. The number of ether oxygens (including phenoxy) is 4. The number of hydrogen-bond acceptors (Lipinski definition) is 6. The smallest absolute Gasteiger partial charge is 0.203 e. The van der Waals surface area contributed by atoms with Gasteiger partial charge in [-0.1, -0.05) is 0 Å². The molecule has 0 fully saturated rings. The van der Waals surface area contributed by atoms with Crippen LogP contribution in [0.2, 0.25) is 0 Å². The Balaban J connectivity index is 3.17. The predicted octanol–water partition coefficient (Wildman–Crippen LogP) is 1.29. The zero-order chi connectivity index (χ0) is 14.3. The van der Waals surface area contributed by atoms with Crippen molar-refractivity contribution >= 4 is 0 Å².